The maximum atomic E-state index is 15.2. The molecule has 0 aliphatic heterocycles. The first-order valence-corrected chi connectivity index (χ1v) is 22.9. The van der Waals surface area contributed by atoms with Crippen LogP contribution < -0.4 is 0 Å². The highest BCUT2D eigenvalue weighted by Crippen LogP contribution is 2.48. The Bertz CT molecular complexity index is 4110. The lowest BCUT2D eigenvalue weighted by atomic mass is 9.89. The molecule has 0 radical (unpaired) electrons. The van der Waals surface area contributed by atoms with Crippen molar-refractivity contribution in [2.45, 2.75) is 12.4 Å². The molecule has 4 aromatic heterocycles. The van der Waals surface area contributed by atoms with Gasteiger partial charge in [0, 0.05) is 56.2 Å². The molecule has 12 rings (SSSR count). The number of halogens is 6. The number of pyridine rings is 2. The second-order valence-electron chi connectivity index (χ2n) is 17.5. The van der Waals surface area contributed by atoms with Crippen LogP contribution in [0.3, 0.4) is 0 Å². The van der Waals surface area contributed by atoms with Gasteiger partial charge in [-0.2, -0.15) is 31.6 Å². The van der Waals surface area contributed by atoms with Crippen LogP contribution in [0.25, 0.3) is 111 Å². The van der Waals surface area contributed by atoms with Gasteiger partial charge in [-0.3, -0.25) is 9.97 Å². The van der Waals surface area contributed by atoms with Crippen LogP contribution in [0.5, 0.6) is 0 Å². The van der Waals surface area contributed by atoms with E-state index < -0.39 is 34.6 Å². The third-order valence-electron chi connectivity index (χ3n) is 13.3. The quantitative estimate of drug-likeness (QED) is 0.150. The smallest absolute Gasteiger partial charge is 0.307 e. The average Bonchev–Trinajstić information content (AvgIpc) is 3.92. The van der Waals surface area contributed by atoms with E-state index in [1.807, 2.05) is 185 Å². The SMILES string of the molecule is N#Cc1cc(-n2c3ccccc3c3ccc(-c4ccnc(-c5ccccc5)c4)cc32)c(-n2c3ccccc3c3ccc(-c4ccnc(-c5ccccc5)c4)cc32)cc1-c1c(C(F)(F)F)cccc1C(F)(F)F. The van der Waals surface area contributed by atoms with Crippen molar-refractivity contribution in [2.24, 2.45) is 0 Å². The van der Waals surface area contributed by atoms with E-state index in [-0.39, 0.29) is 11.3 Å². The van der Waals surface area contributed by atoms with Crippen molar-refractivity contribution in [1.29, 1.82) is 5.26 Å². The Morgan fingerprint density at radius 1 is 0.375 bits per heavy atom. The molecule has 12 aromatic rings. The van der Waals surface area contributed by atoms with Crippen LogP contribution in [-0.4, -0.2) is 19.1 Å². The number of alkyl halides is 6. The third-order valence-corrected chi connectivity index (χ3v) is 13.3. The molecule has 0 unspecified atom stereocenters. The van der Waals surface area contributed by atoms with Crippen molar-refractivity contribution in [1.82, 2.24) is 19.1 Å². The molecule has 0 N–H and O–H groups in total. The zero-order chi connectivity index (χ0) is 49.3. The Morgan fingerprint density at radius 2 is 0.792 bits per heavy atom. The van der Waals surface area contributed by atoms with Crippen LogP contribution >= 0.6 is 0 Å². The summed E-state index contributed by atoms with van der Waals surface area (Å²) >= 11 is 0. The maximum Gasteiger partial charge on any atom is 0.417 e. The standard InChI is InChI=1S/C61H35F6N5/c62-60(63,64)49-18-11-19-50(61(65,66)67)59(49)48-35-58(72-54-21-10-8-17-45(54)47-25-23-40(33-56(47)72)42-27-29-70-52(31-42)38-14-5-2-6-15-38)57(34-43(48)36-68)71-53-20-9-7-16-44(53)46-24-22-39(32-55(46)71)41-26-28-69-51(30-41)37-12-3-1-4-13-37/h1-35H. The van der Waals surface area contributed by atoms with Crippen molar-refractivity contribution >= 4 is 43.6 Å². The number of rotatable bonds is 7. The summed E-state index contributed by atoms with van der Waals surface area (Å²) in [5, 5.41) is 14.3. The topological polar surface area (TPSA) is 59.4 Å². The molecule has 0 saturated carbocycles. The van der Waals surface area contributed by atoms with Gasteiger partial charge in [0.2, 0.25) is 0 Å². The Morgan fingerprint density at radius 3 is 1.25 bits per heavy atom. The molecule has 0 amide bonds. The maximum absolute atomic E-state index is 15.2. The fraction of sp³-hybridized carbons (Fsp3) is 0.0328. The van der Waals surface area contributed by atoms with Crippen molar-refractivity contribution in [3.63, 3.8) is 0 Å². The third kappa shape index (κ3) is 7.43. The second-order valence-corrected chi connectivity index (χ2v) is 17.5. The van der Waals surface area contributed by atoms with Gasteiger partial charge >= 0.3 is 12.4 Å². The van der Waals surface area contributed by atoms with Crippen LogP contribution in [0.1, 0.15) is 16.7 Å². The summed E-state index contributed by atoms with van der Waals surface area (Å²) in [4.78, 5) is 9.28. The Hall–Kier alpha value is -9.27. The summed E-state index contributed by atoms with van der Waals surface area (Å²) < 4.78 is 94.8. The number of fused-ring (bicyclic) bond motifs is 6. The zero-order valence-corrected chi connectivity index (χ0v) is 37.7. The lowest BCUT2D eigenvalue weighted by molar-refractivity contribution is -0.142. The van der Waals surface area contributed by atoms with E-state index in [4.69, 9.17) is 0 Å². The van der Waals surface area contributed by atoms with Crippen LogP contribution in [0.4, 0.5) is 26.3 Å². The van der Waals surface area contributed by atoms with Crippen molar-refractivity contribution in [3.05, 3.63) is 229 Å². The monoisotopic (exact) mass is 951 g/mol. The first kappa shape index (κ1) is 44.0. The normalized spacial score (nSPS) is 12.0. The first-order chi connectivity index (χ1) is 34.9. The van der Waals surface area contributed by atoms with Crippen molar-refractivity contribution in [2.75, 3.05) is 0 Å². The number of para-hydroxylation sites is 2. The molecule has 0 aliphatic carbocycles. The van der Waals surface area contributed by atoms with Gasteiger partial charge in [-0.05, 0) is 95.1 Å². The van der Waals surface area contributed by atoms with E-state index in [0.717, 1.165) is 72.4 Å². The van der Waals surface area contributed by atoms with Crippen LogP contribution in [-0.2, 0) is 12.4 Å². The van der Waals surface area contributed by atoms with Crippen LogP contribution in [0.15, 0.2) is 213 Å². The van der Waals surface area contributed by atoms with E-state index in [2.05, 4.69) is 9.97 Å². The molecule has 72 heavy (non-hydrogen) atoms. The molecule has 346 valence electrons. The fourth-order valence-corrected chi connectivity index (χ4v) is 10.1. The van der Waals surface area contributed by atoms with E-state index in [9.17, 15) is 5.26 Å². The molecule has 11 heteroatoms. The molecule has 0 saturated heterocycles. The highest BCUT2D eigenvalue weighted by molar-refractivity contribution is 6.13. The van der Waals surface area contributed by atoms with Gasteiger partial charge in [0.05, 0.1) is 67.6 Å². The summed E-state index contributed by atoms with van der Waals surface area (Å²) in [6.45, 7) is 0. The Labute approximate surface area is 407 Å². The summed E-state index contributed by atoms with van der Waals surface area (Å²) in [7, 11) is 0. The highest BCUT2D eigenvalue weighted by atomic mass is 19.4. The molecule has 0 bridgehead atoms. The molecule has 8 aromatic carbocycles. The minimum absolute atomic E-state index is 0.237. The molecule has 4 heterocycles. The molecule has 5 nitrogen and oxygen atoms in total. The second kappa shape index (κ2) is 17.0. The summed E-state index contributed by atoms with van der Waals surface area (Å²) in [5.41, 5.74) is 4.80. The molecular formula is C61H35F6N5. The summed E-state index contributed by atoms with van der Waals surface area (Å²) in [6.07, 6.45) is -6.97. The Kier molecular flexibility index (Phi) is 10.4. The number of nitrogens with zero attached hydrogens (tertiary/aromatic N) is 5. The van der Waals surface area contributed by atoms with Crippen LogP contribution in [0.2, 0.25) is 0 Å². The van der Waals surface area contributed by atoms with Gasteiger partial charge in [-0.15, -0.1) is 0 Å². The summed E-state index contributed by atoms with van der Waals surface area (Å²) in [5.74, 6) is 0. The predicted octanol–water partition coefficient (Wildman–Crippen LogP) is 16.9. The van der Waals surface area contributed by atoms with Gasteiger partial charge in [0.15, 0.2) is 0 Å². The van der Waals surface area contributed by atoms with Gasteiger partial charge < -0.3 is 9.13 Å². The van der Waals surface area contributed by atoms with E-state index in [1.165, 1.54) is 12.1 Å². The van der Waals surface area contributed by atoms with E-state index in [1.54, 1.807) is 12.4 Å². The molecule has 0 fully saturated rings. The summed E-state index contributed by atoms with van der Waals surface area (Å²) in [6, 6.07) is 61.2. The van der Waals surface area contributed by atoms with Gasteiger partial charge in [0.1, 0.15) is 0 Å². The number of hydrogen-bond donors (Lipinski definition) is 0. The molecular weight excluding hydrogens is 917 g/mol. The van der Waals surface area contributed by atoms with Crippen LogP contribution in [0, 0.1) is 11.3 Å². The van der Waals surface area contributed by atoms with Gasteiger partial charge in [-0.25, -0.2) is 0 Å². The van der Waals surface area contributed by atoms with E-state index in [0.29, 0.717) is 39.9 Å². The largest absolute Gasteiger partial charge is 0.417 e. The van der Waals surface area contributed by atoms with Gasteiger partial charge in [-0.1, -0.05) is 127 Å². The fourth-order valence-electron chi connectivity index (χ4n) is 10.1. The average molecular weight is 952 g/mol. The lowest BCUT2D eigenvalue weighted by Gasteiger charge is -2.23. The number of benzene rings is 8. The number of hydrogen-bond acceptors (Lipinski definition) is 3. The molecule has 0 spiro atoms. The van der Waals surface area contributed by atoms with E-state index >= 15 is 26.3 Å². The Balaban J connectivity index is 1.20. The lowest BCUT2D eigenvalue weighted by Crippen LogP contribution is -2.15. The van der Waals surface area contributed by atoms with Gasteiger partial charge in [0.25, 0.3) is 0 Å². The highest BCUT2D eigenvalue weighted by Gasteiger charge is 2.42. The van der Waals surface area contributed by atoms with Crippen molar-refractivity contribution in [3.8, 4) is 73.3 Å². The predicted molar refractivity (Wildman–Crippen MR) is 273 cm³/mol. The first-order valence-electron chi connectivity index (χ1n) is 22.9. The number of nitriles is 1. The minimum atomic E-state index is -5.22. The van der Waals surface area contributed by atoms with Crippen molar-refractivity contribution < 1.29 is 26.3 Å². The minimum Gasteiger partial charge on any atom is -0.307 e. The number of aromatic nitrogens is 4. The molecule has 0 aliphatic rings. The molecule has 0 atom stereocenters. The zero-order valence-electron chi connectivity index (χ0n) is 37.7.